The average Bonchev–Trinajstić information content (AvgIpc) is 2.64. The Balaban J connectivity index is 2.12. The first-order valence-corrected chi connectivity index (χ1v) is 11.3. The molecule has 0 radical (unpaired) electrons. The van der Waals surface area contributed by atoms with Crippen LogP contribution in [0.15, 0.2) is 52.3 Å². The van der Waals surface area contributed by atoms with Crippen molar-refractivity contribution in [2.75, 3.05) is 11.1 Å². The maximum atomic E-state index is 13.0. The summed E-state index contributed by atoms with van der Waals surface area (Å²) in [7, 11) is -9.83. The quantitative estimate of drug-likeness (QED) is 0.337. The van der Waals surface area contributed by atoms with Gasteiger partial charge in [0.05, 0.1) is 17.2 Å². The zero-order valence-electron chi connectivity index (χ0n) is 15.9. The van der Waals surface area contributed by atoms with E-state index in [1.54, 1.807) is 0 Å². The number of carbonyl (C=O) groups is 1. The van der Waals surface area contributed by atoms with E-state index >= 15 is 0 Å². The lowest BCUT2D eigenvalue weighted by molar-refractivity contribution is -0.137. The van der Waals surface area contributed by atoms with Crippen LogP contribution in [0.2, 0.25) is 0 Å². The first kappa shape index (κ1) is 25.8. The number of amides is 1. The molecule has 32 heavy (non-hydrogen) atoms. The van der Waals surface area contributed by atoms with Crippen molar-refractivity contribution < 1.29 is 42.5 Å². The second-order valence-electron chi connectivity index (χ2n) is 6.83. The molecule has 2 N–H and O–H groups in total. The Morgan fingerprint density at radius 2 is 1.66 bits per heavy atom. The summed E-state index contributed by atoms with van der Waals surface area (Å²) in [6, 6.07) is 5.56. The Morgan fingerprint density at radius 3 is 2.12 bits per heavy atom. The number of anilines is 1. The van der Waals surface area contributed by atoms with Crippen molar-refractivity contribution in [3.05, 3.63) is 53.6 Å². The van der Waals surface area contributed by atoms with Crippen LogP contribution < -0.4 is 5.32 Å². The second-order valence-corrected chi connectivity index (χ2v) is 10.3. The van der Waals surface area contributed by atoms with E-state index in [4.69, 9.17) is 5.26 Å². The van der Waals surface area contributed by atoms with Crippen LogP contribution in [0, 0.1) is 11.3 Å². The molecular formula is C18H14F8N2O2S2. The average molecular weight is 506 g/mol. The molecule has 0 fully saturated rings. The van der Waals surface area contributed by atoms with Crippen LogP contribution in [-0.4, -0.2) is 22.4 Å². The van der Waals surface area contributed by atoms with E-state index in [-0.39, 0.29) is 22.7 Å². The van der Waals surface area contributed by atoms with Crippen molar-refractivity contribution in [1.82, 2.24) is 0 Å². The van der Waals surface area contributed by atoms with Crippen molar-refractivity contribution in [2.45, 2.75) is 28.5 Å². The number of thioether (sulfide) groups is 1. The summed E-state index contributed by atoms with van der Waals surface area (Å²) in [5.41, 5.74) is -4.52. The predicted molar refractivity (Wildman–Crippen MR) is 104 cm³/mol. The molecule has 1 amide bonds. The molecule has 0 saturated heterocycles. The van der Waals surface area contributed by atoms with E-state index in [1.807, 2.05) is 0 Å². The van der Waals surface area contributed by atoms with Gasteiger partial charge >= 0.3 is 16.4 Å². The normalized spacial score (nSPS) is 16.3. The zero-order valence-corrected chi connectivity index (χ0v) is 17.5. The van der Waals surface area contributed by atoms with Crippen LogP contribution in [0.3, 0.4) is 0 Å². The van der Waals surface area contributed by atoms with Gasteiger partial charge in [-0.2, -0.15) is 18.4 Å². The Bertz CT molecular complexity index is 1080. The molecule has 0 aliphatic rings. The van der Waals surface area contributed by atoms with Crippen molar-refractivity contribution in [2.24, 2.45) is 0 Å². The molecule has 2 aromatic carbocycles. The Morgan fingerprint density at radius 1 is 1.09 bits per heavy atom. The minimum atomic E-state index is -9.83. The smallest absolute Gasteiger partial charge is 0.379 e. The highest BCUT2D eigenvalue weighted by Crippen LogP contribution is 3.02. The molecule has 2 rings (SSSR count). The molecule has 176 valence electrons. The third-order valence-electron chi connectivity index (χ3n) is 3.98. The molecule has 1 unspecified atom stereocenters. The van der Waals surface area contributed by atoms with Gasteiger partial charge in [-0.15, -0.1) is 11.8 Å². The first-order chi connectivity index (χ1) is 14.2. The van der Waals surface area contributed by atoms with Crippen LogP contribution in [0.4, 0.5) is 38.3 Å². The van der Waals surface area contributed by atoms with Crippen LogP contribution in [0.1, 0.15) is 18.1 Å². The number of nitrogens with zero attached hydrogens (tertiary/aromatic N) is 1. The highest BCUT2D eigenvalue weighted by molar-refractivity contribution is 8.45. The topological polar surface area (TPSA) is 73.1 Å². The van der Waals surface area contributed by atoms with Crippen LogP contribution in [0.5, 0.6) is 0 Å². The van der Waals surface area contributed by atoms with E-state index in [0.29, 0.717) is 17.8 Å². The number of rotatable bonds is 6. The summed E-state index contributed by atoms with van der Waals surface area (Å²) in [5, 5.41) is 21.1. The van der Waals surface area contributed by atoms with E-state index in [0.717, 1.165) is 31.2 Å². The summed E-state index contributed by atoms with van der Waals surface area (Å²) in [5.74, 6) is -1.59. The van der Waals surface area contributed by atoms with Gasteiger partial charge in [0.25, 0.3) is 5.91 Å². The second kappa shape index (κ2) is 7.53. The maximum absolute atomic E-state index is 13.0. The van der Waals surface area contributed by atoms with Gasteiger partial charge < -0.3 is 10.4 Å². The molecule has 0 aliphatic carbocycles. The summed E-state index contributed by atoms with van der Waals surface area (Å²) in [6.07, 6.45) is -4.87. The first-order valence-electron chi connectivity index (χ1n) is 8.35. The van der Waals surface area contributed by atoms with Gasteiger partial charge in [0.15, 0.2) is 0 Å². The fourth-order valence-electron chi connectivity index (χ4n) is 2.30. The van der Waals surface area contributed by atoms with Gasteiger partial charge in [-0.1, -0.05) is 19.4 Å². The number of nitrogens with one attached hydrogen (secondary N) is 1. The zero-order chi connectivity index (χ0) is 24.7. The monoisotopic (exact) mass is 506 g/mol. The number of benzene rings is 2. The van der Waals surface area contributed by atoms with Crippen molar-refractivity contribution in [3.8, 4) is 6.07 Å². The highest BCUT2D eigenvalue weighted by Gasteiger charge is 2.65. The van der Waals surface area contributed by atoms with E-state index in [2.05, 4.69) is 5.32 Å². The number of nitriles is 1. The Kier molecular flexibility index (Phi) is 6.06. The molecule has 0 spiro atoms. The SMILES string of the molecule is CC(O)(CSc1ccc(S(F)(F)(F)(F)F)cc1)C(=O)Nc1ccc(C#N)c(C(F)(F)F)c1. The summed E-state index contributed by atoms with van der Waals surface area (Å²) in [4.78, 5) is 10.2. The van der Waals surface area contributed by atoms with Crippen molar-refractivity contribution >= 4 is 33.6 Å². The minimum absolute atomic E-state index is 0.0291. The Labute approximate surface area is 180 Å². The maximum Gasteiger partial charge on any atom is 0.417 e. The molecular weight excluding hydrogens is 492 g/mol. The van der Waals surface area contributed by atoms with Crippen LogP contribution >= 0.6 is 22.0 Å². The molecule has 0 bridgehead atoms. The number of carbonyl (C=O) groups excluding carboxylic acids is 1. The van der Waals surface area contributed by atoms with Crippen LogP contribution in [-0.2, 0) is 11.0 Å². The highest BCUT2D eigenvalue weighted by atomic mass is 32.5. The van der Waals surface area contributed by atoms with Gasteiger partial charge in [-0.3, -0.25) is 4.79 Å². The molecule has 0 aliphatic heterocycles. The van der Waals surface area contributed by atoms with E-state index < -0.39 is 49.7 Å². The van der Waals surface area contributed by atoms with E-state index in [9.17, 15) is 42.5 Å². The third-order valence-corrected chi connectivity index (χ3v) is 6.46. The summed E-state index contributed by atoms with van der Waals surface area (Å²) < 4.78 is 103. The molecule has 14 heteroatoms. The van der Waals surface area contributed by atoms with Gasteiger partial charge in [0.2, 0.25) is 0 Å². The fraction of sp³-hybridized carbons (Fsp3) is 0.222. The molecule has 0 saturated carbocycles. The molecule has 1 atom stereocenters. The summed E-state index contributed by atoms with van der Waals surface area (Å²) in [6.45, 7) is 1.01. The fourth-order valence-corrected chi connectivity index (χ4v) is 3.86. The van der Waals surface area contributed by atoms with Gasteiger partial charge in [0, 0.05) is 16.3 Å². The number of halogens is 8. The number of hydrogen-bond donors (Lipinski definition) is 2. The largest absolute Gasteiger partial charge is 0.417 e. The minimum Gasteiger partial charge on any atom is -0.379 e. The van der Waals surface area contributed by atoms with Gasteiger partial charge in [0.1, 0.15) is 10.5 Å². The lowest BCUT2D eigenvalue weighted by atomic mass is 10.1. The van der Waals surface area contributed by atoms with Gasteiger partial charge in [-0.25, -0.2) is 0 Å². The molecule has 0 heterocycles. The molecule has 2 aromatic rings. The summed E-state index contributed by atoms with van der Waals surface area (Å²) >= 11 is 0.664. The van der Waals surface area contributed by atoms with Crippen molar-refractivity contribution in [1.29, 1.82) is 5.26 Å². The van der Waals surface area contributed by atoms with E-state index in [1.165, 1.54) is 6.07 Å². The van der Waals surface area contributed by atoms with Crippen LogP contribution in [0.25, 0.3) is 0 Å². The Hall–Kier alpha value is -2.50. The predicted octanol–water partition coefficient (Wildman–Crippen LogP) is 6.72. The lowest BCUT2D eigenvalue weighted by Gasteiger charge is -2.40. The lowest BCUT2D eigenvalue weighted by Crippen LogP contribution is -2.42. The number of aliphatic hydroxyl groups is 1. The van der Waals surface area contributed by atoms with Crippen molar-refractivity contribution in [3.63, 3.8) is 0 Å². The van der Waals surface area contributed by atoms with Gasteiger partial charge in [-0.05, 0) is 49.4 Å². The molecule has 4 nitrogen and oxygen atoms in total. The standard InChI is InChI=1S/C18H14F8N2O2S2/c1-17(30,10-31-13-4-6-14(7-5-13)32(22,23,24,25)26)16(29)28-12-3-2-11(9-27)15(8-12)18(19,20)21/h2-8,30H,10H2,1H3,(H,28,29). The number of alkyl halides is 3. The molecule has 0 aromatic heterocycles. The third kappa shape index (κ3) is 6.50. The number of hydrogen-bond acceptors (Lipinski definition) is 4.